The third kappa shape index (κ3) is 34.8. The number of imide groups is 1. The minimum atomic E-state index is -1.22. The van der Waals surface area contributed by atoms with E-state index in [9.17, 15) is 53.1 Å². The van der Waals surface area contributed by atoms with Gasteiger partial charge in [-0.2, -0.15) is 4.98 Å². The Morgan fingerprint density at radius 3 is 1.81 bits per heavy atom. The third-order valence-corrected chi connectivity index (χ3v) is 11.8. The number of carboxylic acid groups (broad SMARTS) is 2. The van der Waals surface area contributed by atoms with Crippen LogP contribution in [0.1, 0.15) is 161 Å². The van der Waals surface area contributed by atoms with Gasteiger partial charge in [0.1, 0.15) is 28.8 Å². The molecule has 30 heteroatoms. The number of nitrogens with two attached hydrogens (primary N) is 2. The van der Waals surface area contributed by atoms with Crippen LogP contribution in [-0.4, -0.2) is 183 Å². The van der Waals surface area contributed by atoms with Gasteiger partial charge in [0.05, 0.1) is 51.3 Å². The predicted molar refractivity (Wildman–Crippen MR) is 319 cm³/mol. The first-order chi connectivity index (χ1) is 41.6. The van der Waals surface area contributed by atoms with Crippen LogP contribution >= 0.6 is 0 Å². The zero-order valence-electron chi connectivity index (χ0n) is 51.6. The number of aromatic amines is 1. The van der Waals surface area contributed by atoms with E-state index in [1.807, 2.05) is 0 Å². The van der Waals surface area contributed by atoms with E-state index in [4.69, 9.17) is 49.9 Å². The molecule has 3 aromatic rings. The number of hydroxylamine groups is 2. The summed E-state index contributed by atoms with van der Waals surface area (Å²) in [4.78, 5) is 150. The predicted octanol–water partition coefficient (Wildman–Crippen LogP) is 4.75. The molecule has 1 aliphatic heterocycles. The van der Waals surface area contributed by atoms with Crippen molar-refractivity contribution >= 4 is 82.2 Å². The number of amides is 5. The number of Topliss-reactive ketones (excluding diaryl/α,β-unsaturated/α-hetero) is 2. The van der Waals surface area contributed by atoms with Gasteiger partial charge in [-0.25, -0.2) is 29.1 Å². The molecule has 1 saturated heterocycles. The lowest BCUT2D eigenvalue weighted by Gasteiger charge is -2.27. The van der Waals surface area contributed by atoms with Gasteiger partial charge in [-0.05, 0) is 117 Å². The van der Waals surface area contributed by atoms with E-state index in [2.05, 4.69) is 35.9 Å². The van der Waals surface area contributed by atoms with E-state index >= 15 is 0 Å². The summed E-state index contributed by atoms with van der Waals surface area (Å²) in [6.07, 6.45) is 7.24. The van der Waals surface area contributed by atoms with Crippen molar-refractivity contribution < 1.29 is 86.7 Å². The Hall–Kier alpha value is -8.22. The Bertz CT molecular complexity index is 2760. The lowest BCUT2D eigenvalue weighted by Crippen LogP contribution is -2.43. The van der Waals surface area contributed by atoms with Gasteiger partial charge < -0.3 is 71.1 Å². The molecular formula is C58H89N11O19. The Labute approximate surface area is 511 Å². The second-order valence-electron chi connectivity index (χ2n) is 22.0. The van der Waals surface area contributed by atoms with E-state index in [1.165, 1.54) is 11.1 Å². The first kappa shape index (κ1) is 75.9. The van der Waals surface area contributed by atoms with Crippen LogP contribution in [-0.2, 0) is 68.6 Å². The number of hydrogen-bond acceptors (Lipinski definition) is 23. The van der Waals surface area contributed by atoms with Crippen LogP contribution in [0.25, 0.3) is 11.2 Å². The minimum Gasteiger partial charge on any atom is -0.481 e. The monoisotopic (exact) mass is 1240 g/mol. The van der Waals surface area contributed by atoms with Gasteiger partial charge in [0, 0.05) is 89.5 Å². The molecule has 0 saturated carbocycles. The summed E-state index contributed by atoms with van der Waals surface area (Å²) in [7, 11) is 0. The van der Waals surface area contributed by atoms with Crippen LogP contribution in [0, 0.1) is 0 Å². The minimum absolute atomic E-state index is 0.00746. The zero-order valence-corrected chi connectivity index (χ0v) is 51.6. The number of unbranched alkanes of at least 4 members (excludes halogenated alkanes) is 4. The first-order valence-electron chi connectivity index (χ1n) is 29.1. The third-order valence-electron chi connectivity index (χ3n) is 11.8. The molecule has 4 rings (SSSR count). The highest BCUT2D eigenvalue weighted by Gasteiger charge is 2.33. The second-order valence-corrected chi connectivity index (χ2v) is 22.0. The van der Waals surface area contributed by atoms with E-state index < -0.39 is 70.6 Å². The van der Waals surface area contributed by atoms with Crippen LogP contribution in [0.15, 0.2) is 35.3 Å². The number of fused-ring (bicyclic) bond motifs is 1. The molecule has 1 fully saturated rings. The standard InChI is InChI=1S/C37H54N8O9.C19H31N3O8.C2H4O2/c38-17-5-1-2-8-29(46)9-3-6-18-52-20-22-54-23-21-53-19-7-4-10-30(47)15-16-31(36(50)51)43-34(48)26-11-13-27(14-12-26)40-24-28-25-41-32-33(42-28)44-37(39)45-35(32)49;1-18(2,3)28-16(26)20-10-12-21(17(27)29-19(4,5)6)11-9-15(25)30-22-13(23)7-8-14(22)24;1-2(3)4/h11-14,25,31,40H,1-10,15-24,38H2,(H,43,48)(H,50,51)(H3,39,42,44,45,49);7-12H2,1-6H3,(H,20,26);1H3,(H,3,4). The smallest absolute Gasteiger partial charge is 0.410 e. The molecule has 30 nitrogen and oxygen atoms in total. The van der Waals surface area contributed by atoms with Crippen molar-refractivity contribution in [1.82, 2.24) is 40.5 Å². The molecule has 10 N–H and O–H groups in total. The highest BCUT2D eigenvalue weighted by molar-refractivity contribution is 6.01. The van der Waals surface area contributed by atoms with E-state index in [-0.39, 0.29) is 86.7 Å². The van der Waals surface area contributed by atoms with E-state index in [0.29, 0.717) is 101 Å². The Morgan fingerprint density at radius 1 is 0.716 bits per heavy atom. The second kappa shape index (κ2) is 41.0. The number of ketones is 2. The average Bonchev–Trinajstić information content (AvgIpc) is 3.20. The lowest BCUT2D eigenvalue weighted by atomic mass is 10.0. The first-order valence-corrected chi connectivity index (χ1v) is 29.1. The van der Waals surface area contributed by atoms with Crippen molar-refractivity contribution in [1.29, 1.82) is 0 Å². The van der Waals surface area contributed by atoms with Crippen molar-refractivity contribution in [3.8, 4) is 0 Å². The van der Waals surface area contributed by atoms with Gasteiger partial charge in [-0.15, -0.1) is 5.06 Å². The highest BCUT2D eigenvalue weighted by Crippen LogP contribution is 2.16. The number of H-pyrrole nitrogens is 1. The van der Waals surface area contributed by atoms with Crippen molar-refractivity contribution in [2.75, 3.05) is 76.9 Å². The van der Waals surface area contributed by atoms with E-state index in [0.717, 1.165) is 39.0 Å². The van der Waals surface area contributed by atoms with Crippen molar-refractivity contribution in [3.63, 3.8) is 0 Å². The fourth-order valence-corrected chi connectivity index (χ4v) is 7.54. The number of ether oxygens (including phenoxy) is 5. The van der Waals surface area contributed by atoms with Gasteiger partial charge in [0.15, 0.2) is 11.2 Å². The van der Waals surface area contributed by atoms with Crippen LogP contribution in [0.4, 0.5) is 21.2 Å². The Balaban J connectivity index is 0.000000653. The summed E-state index contributed by atoms with van der Waals surface area (Å²) in [6, 6.07) is 5.18. The van der Waals surface area contributed by atoms with Crippen LogP contribution in [0.5, 0.6) is 0 Å². The number of anilines is 2. The van der Waals surface area contributed by atoms with Gasteiger partial charge in [0.2, 0.25) is 5.95 Å². The number of nitrogens with one attached hydrogen (secondary N) is 4. The molecule has 1 aromatic carbocycles. The number of carboxylic acids is 2. The molecule has 0 bridgehead atoms. The average molecular weight is 1240 g/mol. The number of nitrogen functional groups attached to an aromatic ring is 1. The number of aromatic nitrogens is 4. The lowest BCUT2D eigenvalue weighted by molar-refractivity contribution is -0.197. The van der Waals surface area contributed by atoms with Crippen molar-refractivity contribution in [3.05, 3.63) is 52.1 Å². The van der Waals surface area contributed by atoms with Crippen LogP contribution in [0.2, 0.25) is 0 Å². The number of aliphatic carboxylic acids is 2. The highest BCUT2D eigenvalue weighted by atomic mass is 16.7. The summed E-state index contributed by atoms with van der Waals surface area (Å²) < 4.78 is 27.0. The molecule has 88 heavy (non-hydrogen) atoms. The molecule has 1 unspecified atom stereocenters. The van der Waals surface area contributed by atoms with Crippen LogP contribution in [0.3, 0.4) is 0 Å². The molecule has 1 atom stereocenters. The van der Waals surface area contributed by atoms with Gasteiger partial charge in [-0.1, -0.05) is 6.42 Å². The topological polar surface area (TPSA) is 433 Å². The molecule has 0 radical (unpaired) electrons. The normalized spacial score (nSPS) is 12.4. The maximum atomic E-state index is 12.8. The molecule has 3 heterocycles. The van der Waals surface area contributed by atoms with E-state index in [1.54, 1.807) is 65.8 Å². The summed E-state index contributed by atoms with van der Waals surface area (Å²) in [5, 5.41) is 25.6. The number of hydrogen-bond donors (Lipinski definition) is 8. The number of benzene rings is 1. The summed E-state index contributed by atoms with van der Waals surface area (Å²) in [5.74, 6) is -4.48. The van der Waals surface area contributed by atoms with Gasteiger partial charge in [-0.3, -0.25) is 38.5 Å². The molecule has 5 amide bonds. The summed E-state index contributed by atoms with van der Waals surface area (Å²) >= 11 is 0. The number of nitrogens with zero attached hydrogens (tertiary/aromatic N) is 5. The van der Waals surface area contributed by atoms with Crippen molar-refractivity contribution in [2.24, 2.45) is 5.73 Å². The number of rotatable bonds is 37. The fraction of sp³-hybridized carbons (Fsp3) is 0.621. The number of alkyl carbamates (subject to hydrolysis) is 1. The molecule has 490 valence electrons. The molecular weight excluding hydrogens is 1150 g/mol. The maximum absolute atomic E-state index is 12.8. The van der Waals surface area contributed by atoms with Gasteiger partial charge >= 0.3 is 24.1 Å². The molecule has 1 aliphatic rings. The quantitative estimate of drug-likeness (QED) is 0.0285. The maximum Gasteiger partial charge on any atom is 0.410 e. The number of carbonyl (C=O) groups excluding carboxylic acids is 8. The summed E-state index contributed by atoms with van der Waals surface area (Å²) in [5.41, 5.74) is 10.7. The Morgan fingerprint density at radius 2 is 1.26 bits per heavy atom. The fourth-order valence-electron chi connectivity index (χ4n) is 7.54. The molecule has 2 aromatic heterocycles. The molecule has 0 spiro atoms. The Kier molecular flexibility index (Phi) is 35.4. The van der Waals surface area contributed by atoms with Crippen molar-refractivity contribution in [2.45, 2.75) is 169 Å². The summed E-state index contributed by atoms with van der Waals surface area (Å²) in [6.45, 7) is 15.2. The zero-order chi connectivity index (χ0) is 65.7. The SMILES string of the molecule is CC(=O)O.CC(C)(C)OC(=O)NCCN(CCC(=O)ON1C(=O)CCC1=O)C(=O)OC(C)(C)C.NCCCCCC(=O)CCCCOCCOCCOCCCCC(=O)CCC(NC(=O)c1ccc(NCc2cnc3c(=O)[nH]c(N)nc3n2)cc1)C(=O)O. The van der Waals surface area contributed by atoms with Crippen LogP contribution < -0.4 is 33.0 Å². The number of carbonyl (C=O) groups is 10. The van der Waals surface area contributed by atoms with Gasteiger partial charge in [0.25, 0.3) is 29.3 Å². The molecule has 0 aliphatic carbocycles. The largest absolute Gasteiger partial charge is 0.481 e.